The number of hydrogen-bond donors (Lipinski definition) is 1. The van der Waals surface area contributed by atoms with Crippen LogP contribution in [0.4, 0.5) is 0 Å². The summed E-state index contributed by atoms with van der Waals surface area (Å²) in [6, 6.07) is 10.7. The summed E-state index contributed by atoms with van der Waals surface area (Å²) in [7, 11) is 0. The third-order valence-corrected chi connectivity index (χ3v) is 3.68. The Morgan fingerprint density at radius 1 is 1.14 bits per heavy atom. The molecule has 4 heteroatoms. The summed E-state index contributed by atoms with van der Waals surface area (Å²) < 4.78 is 2.04. The van der Waals surface area contributed by atoms with Crippen molar-refractivity contribution in [3.8, 4) is 0 Å². The van der Waals surface area contributed by atoms with E-state index >= 15 is 0 Å². The number of hydrogen-bond acceptors (Lipinski definition) is 3. The minimum Gasteiger partial charge on any atom is -0.316 e. The Kier molecular flexibility index (Phi) is 6.41. The van der Waals surface area contributed by atoms with Crippen LogP contribution in [0, 0.1) is 0 Å². The van der Waals surface area contributed by atoms with Gasteiger partial charge in [0.05, 0.1) is 11.9 Å². The first-order chi connectivity index (χ1) is 10.3. The molecule has 1 aromatic heterocycles. The molecule has 0 aliphatic heterocycles. The number of aromatic nitrogens is 3. The maximum Gasteiger partial charge on any atom is 0.0725 e. The lowest BCUT2D eigenvalue weighted by atomic mass is 9.94. The first kappa shape index (κ1) is 15.7. The zero-order valence-electron chi connectivity index (χ0n) is 13.1. The van der Waals surface area contributed by atoms with Gasteiger partial charge in [-0.05, 0) is 31.4 Å². The van der Waals surface area contributed by atoms with Crippen LogP contribution in [0.2, 0.25) is 0 Å². The Balaban J connectivity index is 2.09. The van der Waals surface area contributed by atoms with Crippen LogP contribution in [0.3, 0.4) is 0 Å². The van der Waals surface area contributed by atoms with E-state index in [1.54, 1.807) is 0 Å². The predicted octanol–water partition coefficient (Wildman–Crippen LogP) is 3.01. The molecule has 2 aromatic rings. The second kappa shape index (κ2) is 8.57. The Morgan fingerprint density at radius 3 is 2.67 bits per heavy atom. The first-order valence-corrected chi connectivity index (χ1v) is 7.98. The highest BCUT2D eigenvalue weighted by Gasteiger charge is 2.15. The first-order valence-electron chi connectivity index (χ1n) is 7.98. The van der Waals surface area contributed by atoms with Crippen molar-refractivity contribution < 1.29 is 0 Å². The van der Waals surface area contributed by atoms with Crippen molar-refractivity contribution in [3.63, 3.8) is 0 Å². The van der Waals surface area contributed by atoms with Gasteiger partial charge in [-0.2, -0.15) is 0 Å². The van der Waals surface area contributed by atoms with E-state index < -0.39 is 0 Å². The van der Waals surface area contributed by atoms with Crippen molar-refractivity contribution in [1.29, 1.82) is 0 Å². The highest BCUT2D eigenvalue weighted by atomic mass is 15.4. The SMILES string of the molecule is CCCNCC(Cc1cnnn1CCC)c1ccccc1. The van der Waals surface area contributed by atoms with Crippen LogP contribution in [-0.4, -0.2) is 28.1 Å². The summed E-state index contributed by atoms with van der Waals surface area (Å²) in [5, 5.41) is 11.8. The molecule has 2 rings (SSSR count). The van der Waals surface area contributed by atoms with E-state index in [0.717, 1.165) is 38.9 Å². The van der Waals surface area contributed by atoms with Gasteiger partial charge in [-0.15, -0.1) is 5.10 Å². The molecule has 1 heterocycles. The maximum atomic E-state index is 4.20. The van der Waals surface area contributed by atoms with Crippen LogP contribution in [-0.2, 0) is 13.0 Å². The number of nitrogens with one attached hydrogen (secondary N) is 1. The monoisotopic (exact) mass is 286 g/mol. The maximum absolute atomic E-state index is 4.20. The topological polar surface area (TPSA) is 42.7 Å². The van der Waals surface area contributed by atoms with Gasteiger partial charge in [-0.25, -0.2) is 4.68 Å². The van der Waals surface area contributed by atoms with Crippen molar-refractivity contribution in [2.75, 3.05) is 13.1 Å². The minimum atomic E-state index is 0.465. The molecule has 21 heavy (non-hydrogen) atoms. The van der Waals surface area contributed by atoms with Crippen LogP contribution >= 0.6 is 0 Å². The summed E-state index contributed by atoms with van der Waals surface area (Å²) in [5.74, 6) is 0.465. The minimum absolute atomic E-state index is 0.465. The Hall–Kier alpha value is -1.68. The molecule has 1 N–H and O–H groups in total. The van der Waals surface area contributed by atoms with Crippen LogP contribution in [0.5, 0.6) is 0 Å². The molecule has 0 radical (unpaired) electrons. The van der Waals surface area contributed by atoms with Gasteiger partial charge in [0.2, 0.25) is 0 Å². The van der Waals surface area contributed by atoms with E-state index in [2.05, 4.69) is 59.8 Å². The summed E-state index contributed by atoms with van der Waals surface area (Å²) in [6.45, 7) is 7.37. The Bertz CT molecular complexity index is 507. The van der Waals surface area contributed by atoms with Gasteiger partial charge >= 0.3 is 0 Å². The molecular formula is C17H26N4. The normalized spacial score (nSPS) is 12.5. The van der Waals surface area contributed by atoms with Crippen molar-refractivity contribution in [2.24, 2.45) is 0 Å². The van der Waals surface area contributed by atoms with Gasteiger partial charge in [0.25, 0.3) is 0 Å². The zero-order valence-corrected chi connectivity index (χ0v) is 13.1. The van der Waals surface area contributed by atoms with E-state index in [-0.39, 0.29) is 0 Å². The quantitative estimate of drug-likeness (QED) is 0.721. The molecule has 114 valence electrons. The lowest BCUT2D eigenvalue weighted by Gasteiger charge is -2.18. The molecule has 0 fully saturated rings. The van der Waals surface area contributed by atoms with Crippen LogP contribution in [0.15, 0.2) is 36.5 Å². The number of nitrogens with zero attached hydrogens (tertiary/aromatic N) is 3. The lowest BCUT2D eigenvalue weighted by Crippen LogP contribution is -2.24. The van der Waals surface area contributed by atoms with E-state index in [4.69, 9.17) is 0 Å². The summed E-state index contributed by atoms with van der Waals surface area (Å²) in [5.41, 5.74) is 2.61. The molecule has 1 unspecified atom stereocenters. The van der Waals surface area contributed by atoms with Crippen LogP contribution in [0.1, 0.15) is 43.9 Å². The summed E-state index contributed by atoms with van der Waals surface area (Å²) in [6.07, 6.45) is 5.14. The van der Waals surface area contributed by atoms with Crippen LogP contribution < -0.4 is 5.32 Å². The van der Waals surface area contributed by atoms with Crippen molar-refractivity contribution in [1.82, 2.24) is 20.3 Å². The van der Waals surface area contributed by atoms with Gasteiger partial charge in [0, 0.05) is 19.0 Å². The molecule has 0 aliphatic rings. The Labute approximate surface area is 127 Å². The largest absolute Gasteiger partial charge is 0.316 e. The molecule has 1 aromatic carbocycles. The highest BCUT2D eigenvalue weighted by molar-refractivity contribution is 5.21. The zero-order chi connectivity index (χ0) is 14.9. The second-order valence-corrected chi connectivity index (χ2v) is 5.46. The smallest absolute Gasteiger partial charge is 0.0725 e. The van der Waals surface area contributed by atoms with Gasteiger partial charge in [-0.3, -0.25) is 0 Å². The molecule has 0 saturated carbocycles. The van der Waals surface area contributed by atoms with Crippen molar-refractivity contribution in [2.45, 2.75) is 45.6 Å². The third kappa shape index (κ3) is 4.67. The van der Waals surface area contributed by atoms with Gasteiger partial charge in [0.1, 0.15) is 0 Å². The fraction of sp³-hybridized carbons (Fsp3) is 0.529. The molecule has 4 nitrogen and oxygen atoms in total. The summed E-state index contributed by atoms with van der Waals surface area (Å²) >= 11 is 0. The predicted molar refractivity (Wildman–Crippen MR) is 86.4 cm³/mol. The van der Waals surface area contributed by atoms with E-state index in [1.165, 1.54) is 11.3 Å². The van der Waals surface area contributed by atoms with Crippen molar-refractivity contribution >= 4 is 0 Å². The number of rotatable bonds is 9. The van der Waals surface area contributed by atoms with E-state index in [9.17, 15) is 0 Å². The van der Waals surface area contributed by atoms with Crippen molar-refractivity contribution in [3.05, 3.63) is 47.8 Å². The molecule has 1 atom stereocenters. The van der Waals surface area contributed by atoms with Gasteiger partial charge < -0.3 is 5.32 Å². The molecule has 0 aliphatic carbocycles. The fourth-order valence-electron chi connectivity index (χ4n) is 2.58. The van der Waals surface area contributed by atoms with Gasteiger partial charge in [-0.1, -0.05) is 49.4 Å². The molecule has 0 bridgehead atoms. The Morgan fingerprint density at radius 2 is 1.95 bits per heavy atom. The van der Waals surface area contributed by atoms with Crippen LogP contribution in [0.25, 0.3) is 0 Å². The second-order valence-electron chi connectivity index (χ2n) is 5.46. The number of benzene rings is 1. The van der Waals surface area contributed by atoms with E-state index in [0.29, 0.717) is 5.92 Å². The summed E-state index contributed by atoms with van der Waals surface area (Å²) in [4.78, 5) is 0. The highest BCUT2D eigenvalue weighted by Crippen LogP contribution is 2.20. The molecular weight excluding hydrogens is 260 g/mol. The fourth-order valence-corrected chi connectivity index (χ4v) is 2.58. The third-order valence-electron chi connectivity index (χ3n) is 3.68. The average molecular weight is 286 g/mol. The van der Waals surface area contributed by atoms with Gasteiger partial charge in [0.15, 0.2) is 0 Å². The number of aryl methyl sites for hydroxylation is 1. The molecule has 0 saturated heterocycles. The lowest BCUT2D eigenvalue weighted by molar-refractivity contribution is 0.520. The van der Waals surface area contributed by atoms with E-state index in [1.807, 2.05) is 10.9 Å². The molecule has 0 spiro atoms. The standard InChI is InChI=1S/C17H26N4/c1-3-10-18-13-16(15-8-6-5-7-9-15)12-17-14-19-20-21(17)11-4-2/h5-9,14,16,18H,3-4,10-13H2,1-2H3. The molecule has 0 amide bonds. The average Bonchev–Trinajstić information content (AvgIpc) is 2.95.